The smallest absolute Gasteiger partial charge is 0.0367 e. The Morgan fingerprint density at radius 1 is 0.714 bits per heavy atom. The maximum absolute atomic E-state index is 5.80. The normalized spacial score (nSPS) is 10.8. The number of hydrogen-bond acceptors (Lipinski definition) is 2. The fourth-order valence-corrected chi connectivity index (χ4v) is 2.69. The highest BCUT2D eigenvalue weighted by Crippen LogP contribution is 2.18. The Bertz CT molecular complexity index is 345. The summed E-state index contributed by atoms with van der Waals surface area (Å²) in [5.74, 6) is 0. The molecule has 2 N–H and O–H groups in total. The van der Waals surface area contributed by atoms with Crippen LogP contribution in [0.2, 0.25) is 0 Å². The lowest BCUT2D eigenvalue weighted by molar-refractivity contribution is 0.597. The first-order valence-corrected chi connectivity index (χ1v) is 8.88. The van der Waals surface area contributed by atoms with Crippen LogP contribution in [0.1, 0.15) is 71.6 Å². The molecule has 1 rings (SSSR count). The lowest BCUT2D eigenvalue weighted by Crippen LogP contribution is -2.25. The quantitative estimate of drug-likeness (QED) is 0.399. The van der Waals surface area contributed by atoms with Crippen molar-refractivity contribution in [2.45, 2.75) is 71.6 Å². The number of rotatable bonds is 12. The zero-order valence-electron chi connectivity index (χ0n) is 14.1. The van der Waals surface area contributed by atoms with E-state index in [1.54, 1.807) is 0 Å². The van der Waals surface area contributed by atoms with Crippen LogP contribution in [0.25, 0.3) is 0 Å². The number of anilines is 2. The lowest BCUT2D eigenvalue weighted by atomic mass is 10.1. The third-order valence-electron chi connectivity index (χ3n) is 4.07. The molecule has 0 aliphatic carbocycles. The molecule has 0 fully saturated rings. The van der Waals surface area contributed by atoms with Gasteiger partial charge in [-0.25, -0.2) is 0 Å². The summed E-state index contributed by atoms with van der Waals surface area (Å²) in [5.41, 5.74) is 7.99. The SMILES string of the molecule is CCCCCCCN(CCCCCC)c1ccc(N)cc1. The Morgan fingerprint density at radius 3 is 1.71 bits per heavy atom. The molecule has 0 atom stereocenters. The van der Waals surface area contributed by atoms with Crippen LogP contribution in [-0.2, 0) is 0 Å². The van der Waals surface area contributed by atoms with Crippen LogP contribution in [0, 0.1) is 0 Å². The van der Waals surface area contributed by atoms with Crippen molar-refractivity contribution in [3.8, 4) is 0 Å². The largest absolute Gasteiger partial charge is 0.399 e. The Morgan fingerprint density at radius 2 is 1.19 bits per heavy atom. The topological polar surface area (TPSA) is 29.3 Å². The Hall–Kier alpha value is -1.18. The third kappa shape index (κ3) is 7.99. The molecule has 0 saturated carbocycles. The highest BCUT2D eigenvalue weighted by atomic mass is 15.1. The van der Waals surface area contributed by atoms with Gasteiger partial charge in [-0.1, -0.05) is 58.8 Å². The average Bonchev–Trinajstić information content (AvgIpc) is 2.50. The molecule has 0 heterocycles. The van der Waals surface area contributed by atoms with E-state index in [-0.39, 0.29) is 0 Å². The summed E-state index contributed by atoms with van der Waals surface area (Å²) in [7, 11) is 0. The second kappa shape index (κ2) is 11.5. The molecule has 0 bridgehead atoms. The van der Waals surface area contributed by atoms with E-state index < -0.39 is 0 Å². The van der Waals surface area contributed by atoms with Gasteiger partial charge in [0.25, 0.3) is 0 Å². The van der Waals surface area contributed by atoms with Crippen LogP contribution in [0.15, 0.2) is 24.3 Å². The molecule has 0 amide bonds. The van der Waals surface area contributed by atoms with Gasteiger partial charge < -0.3 is 10.6 Å². The van der Waals surface area contributed by atoms with Crippen LogP contribution in [0.5, 0.6) is 0 Å². The summed E-state index contributed by atoms with van der Waals surface area (Å²) in [6, 6.07) is 8.37. The van der Waals surface area contributed by atoms with Crippen molar-refractivity contribution in [2.24, 2.45) is 0 Å². The van der Waals surface area contributed by atoms with Gasteiger partial charge >= 0.3 is 0 Å². The number of unbranched alkanes of at least 4 members (excludes halogenated alkanes) is 7. The first kappa shape index (κ1) is 17.9. The van der Waals surface area contributed by atoms with Gasteiger partial charge in [0.1, 0.15) is 0 Å². The van der Waals surface area contributed by atoms with E-state index in [9.17, 15) is 0 Å². The fraction of sp³-hybridized carbons (Fsp3) is 0.684. The number of nitrogens with two attached hydrogens (primary N) is 1. The van der Waals surface area contributed by atoms with Gasteiger partial charge in [-0.15, -0.1) is 0 Å². The van der Waals surface area contributed by atoms with Crippen molar-refractivity contribution in [1.29, 1.82) is 0 Å². The van der Waals surface area contributed by atoms with Crippen molar-refractivity contribution in [2.75, 3.05) is 23.7 Å². The Labute approximate surface area is 131 Å². The summed E-state index contributed by atoms with van der Waals surface area (Å²) in [4.78, 5) is 2.54. The van der Waals surface area contributed by atoms with E-state index in [1.807, 2.05) is 12.1 Å². The monoisotopic (exact) mass is 290 g/mol. The van der Waals surface area contributed by atoms with Crippen molar-refractivity contribution in [1.82, 2.24) is 0 Å². The van der Waals surface area contributed by atoms with E-state index in [1.165, 1.54) is 76.6 Å². The summed E-state index contributed by atoms with van der Waals surface area (Å²) < 4.78 is 0. The third-order valence-corrected chi connectivity index (χ3v) is 4.07. The Kier molecular flexibility index (Phi) is 9.77. The predicted octanol–water partition coefficient (Wildman–Crippen LogP) is 5.63. The first-order valence-electron chi connectivity index (χ1n) is 8.88. The van der Waals surface area contributed by atoms with Crippen LogP contribution >= 0.6 is 0 Å². The molecule has 2 nitrogen and oxygen atoms in total. The van der Waals surface area contributed by atoms with Gasteiger partial charge in [-0.2, -0.15) is 0 Å². The van der Waals surface area contributed by atoms with E-state index >= 15 is 0 Å². The van der Waals surface area contributed by atoms with E-state index in [4.69, 9.17) is 5.73 Å². The van der Waals surface area contributed by atoms with Gasteiger partial charge in [0.05, 0.1) is 0 Å². The minimum Gasteiger partial charge on any atom is -0.399 e. The first-order chi connectivity index (χ1) is 10.3. The molecule has 1 aromatic carbocycles. The van der Waals surface area contributed by atoms with Gasteiger partial charge in [-0.3, -0.25) is 0 Å². The summed E-state index contributed by atoms with van der Waals surface area (Å²) in [6.07, 6.45) is 12.0. The maximum Gasteiger partial charge on any atom is 0.0367 e. The van der Waals surface area contributed by atoms with Crippen molar-refractivity contribution >= 4 is 11.4 Å². The molecule has 21 heavy (non-hydrogen) atoms. The number of hydrogen-bond donors (Lipinski definition) is 1. The maximum atomic E-state index is 5.80. The molecule has 120 valence electrons. The molecular formula is C19H34N2. The molecular weight excluding hydrogens is 256 g/mol. The number of nitrogens with zero attached hydrogens (tertiary/aromatic N) is 1. The van der Waals surface area contributed by atoms with Crippen LogP contribution in [-0.4, -0.2) is 13.1 Å². The molecule has 0 radical (unpaired) electrons. The Balaban J connectivity index is 2.43. The molecule has 1 aromatic rings. The molecule has 2 heteroatoms. The second-order valence-corrected chi connectivity index (χ2v) is 6.05. The fourth-order valence-electron chi connectivity index (χ4n) is 2.69. The zero-order valence-corrected chi connectivity index (χ0v) is 14.1. The van der Waals surface area contributed by atoms with Crippen molar-refractivity contribution in [3.05, 3.63) is 24.3 Å². The molecule has 0 spiro atoms. The number of nitrogen functional groups attached to an aromatic ring is 1. The lowest BCUT2D eigenvalue weighted by Gasteiger charge is -2.25. The standard InChI is InChI=1S/C19H34N2/c1-3-5-7-9-11-17-21(16-10-8-6-4-2)19-14-12-18(20)13-15-19/h12-15H,3-11,16-17,20H2,1-2H3. The van der Waals surface area contributed by atoms with E-state index in [2.05, 4.69) is 30.9 Å². The van der Waals surface area contributed by atoms with Gasteiger partial charge in [-0.05, 0) is 37.1 Å². The highest BCUT2D eigenvalue weighted by molar-refractivity contribution is 5.53. The predicted molar refractivity (Wildman–Crippen MR) is 96.0 cm³/mol. The summed E-state index contributed by atoms with van der Waals surface area (Å²) in [6.45, 7) is 6.90. The van der Waals surface area contributed by atoms with Gasteiger partial charge in [0.2, 0.25) is 0 Å². The summed E-state index contributed by atoms with van der Waals surface area (Å²) >= 11 is 0. The molecule has 0 aliphatic rings. The minimum atomic E-state index is 0.854. The molecule has 0 unspecified atom stereocenters. The van der Waals surface area contributed by atoms with Crippen LogP contribution in [0.4, 0.5) is 11.4 Å². The molecule has 0 saturated heterocycles. The zero-order chi connectivity index (χ0) is 15.3. The molecule has 0 aliphatic heterocycles. The van der Waals surface area contributed by atoms with Crippen LogP contribution in [0.3, 0.4) is 0 Å². The van der Waals surface area contributed by atoms with Crippen molar-refractivity contribution in [3.63, 3.8) is 0 Å². The highest BCUT2D eigenvalue weighted by Gasteiger charge is 2.06. The minimum absolute atomic E-state index is 0.854. The van der Waals surface area contributed by atoms with Crippen molar-refractivity contribution < 1.29 is 0 Å². The summed E-state index contributed by atoms with van der Waals surface area (Å²) in [5, 5.41) is 0. The van der Waals surface area contributed by atoms with Crippen LogP contribution < -0.4 is 10.6 Å². The van der Waals surface area contributed by atoms with E-state index in [0.29, 0.717) is 0 Å². The van der Waals surface area contributed by atoms with Gasteiger partial charge in [0.15, 0.2) is 0 Å². The molecule has 0 aromatic heterocycles. The number of benzene rings is 1. The van der Waals surface area contributed by atoms with Gasteiger partial charge in [0, 0.05) is 24.5 Å². The second-order valence-electron chi connectivity index (χ2n) is 6.05. The average molecular weight is 290 g/mol. The van der Waals surface area contributed by atoms with E-state index in [0.717, 1.165) is 5.69 Å².